The second-order valence-corrected chi connectivity index (χ2v) is 8.70. The van der Waals surface area contributed by atoms with Gasteiger partial charge in [-0.1, -0.05) is 25.3 Å². The highest BCUT2D eigenvalue weighted by atomic mass is 32.1. The monoisotopic (exact) mass is 348 g/mol. The van der Waals surface area contributed by atoms with Gasteiger partial charge in [-0.05, 0) is 50.0 Å². The molecule has 1 aliphatic heterocycles. The highest BCUT2D eigenvalue weighted by molar-refractivity contribution is 7.09. The maximum absolute atomic E-state index is 12.9. The molecule has 2 heterocycles. The van der Waals surface area contributed by atoms with Gasteiger partial charge in [-0.25, -0.2) is 4.79 Å². The summed E-state index contributed by atoms with van der Waals surface area (Å²) in [6, 6.07) is 5.03. The minimum absolute atomic E-state index is 0.0482. The van der Waals surface area contributed by atoms with Crippen LogP contribution in [-0.2, 0) is 11.3 Å². The SMILES string of the molecule is O=C(N[C@H]1CCOC2(CCCCC2)C1)N(Cc1cccs1)C1CC1. The van der Waals surface area contributed by atoms with Gasteiger partial charge in [0.25, 0.3) is 0 Å². The van der Waals surface area contributed by atoms with Crippen LogP contribution in [0.25, 0.3) is 0 Å². The quantitative estimate of drug-likeness (QED) is 0.881. The lowest BCUT2D eigenvalue weighted by molar-refractivity contribution is -0.108. The molecule has 2 saturated carbocycles. The molecular formula is C19H28N2O2S. The summed E-state index contributed by atoms with van der Waals surface area (Å²) in [5.74, 6) is 0. The van der Waals surface area contributed by atoms with Gasteiger partial charge in [0.15, 0.2) is 0 Å². The smallest absolute Gasteiger partial charge is 0.318 e. The Bertz CT molecular complexity index is 544. The Balaban J connectivity index is 1.37. The van der Waals surface area contributed by atoms with Crippen molar-refractivity contribution in [1.82, 2.24) is 10.2 Å². The number of thiophene rings is 1. The Morgan fingerprint density at radius 1 is 1.29 bits per heavy atom. The van der Waals surface area contributed by atoms with Crippen LogP contribution in [0.3, 0.4) is 0 Å². The van der Waals surface area contributed by atoms with E-state index in [0.717, 1.165) is 38.8 Å². The molecule has 0 unspecified atom stereocenters. The molecule has 3 aliphatic rings. The van der Waals surface area contributed by atoms with Crippen LogP contribution >= 0.6 is 11.3 Å². The van der Waals surface area contributed by atoms with Gasteiger partial charge in [-0.3, -0.25) is 0 Å². The summed E-state index contributed by atoms with van der Waals surface area (Å²) in [6.45, 7) is 1.54. The zero-order chi connectivity index (χ0) is 16.4. The molecular weight excluding hydrogens is 320 g/mol. The molecule has 4 nitrogen and oxygen atoms in total. The van der Waals surface area contributed by atoms with Gasteiger partial charge < -0.3 is 15.0 Å². The molecule has 1 saturated heterocycles. The molecule has 1 aromatic rings. The number of carbonyl (C=O) groups is 1. The molecule has 0 radical (unpaired) electrons. The number of rotatable bonds is 4. The van der Waals surface area contributed by atoms with Crippen LogP contribution in [0.1, 0.15) is 62.7 Å². The van der Waals surface area contributed by atoms with Crippen LogP contribution in [0.4, 0.5) is 4.79 Å². The highest BCUT2D eigenvalue weighted by Gasteiger charge is 2.40. The van der Waals surface area contributed by atoms with E-state index < -0.39 is 0 Å². The number of hydrogen-bond acceptors (Lipinski definition) is 3. The van der Waals surface area contributed by atoms with Crippen LogP contribution in [0, 0.1) is 0 Å². The van der Waals surface area contributed by atoms with Crippen molar-refractivity contribution in [2.75, 3.05) is 6.61 Å². The number of nitrogens with zero attached hydrogens (tertiary/aromatic N) is 1. The maximum atomic E-state index is 12.9. The minimum Gasteiger partial charge on any atom is -0.375 e. The molecule has 1 aromatic heterocycles. The third-order valence-corrected chi connectivity index (χ3v) is 6.60. The highest BCUT2D eigenvalue weighted by Crippen LogP contribution is 2.38. The first kappa shape index (κ1) is 16.4. The van der Waals surface area contributed by atoms with E-state index in [4.69, 9.17) is 4.74 Å². The first-order valence-corrected chi connectivity index (χ1v) is 10.4. The molecule has 24 heavy (non-hydrogen) atoms. The van der Waals surface area contributed by atoms with Crippen molar-refractivity contribution < 1.29 is 9.53 Å². The summed E-state index contributed by atoms with van der Waals surface area (Å²) in [5.41, 5.74) is 0.0482. The van der Waals surface area contributed by atoms with Crippen molar-refractivity contribution in [3.8, 4) is 0 Å². The first-order chi connectivity index (χ1) is 11.7. The first-order valence-electron chi connectivity index (χ1n) is 9.48. The van der Waals surface area contributed by atoms with Crippen LogP contribution < -0.4 is 5.32 Å². The van der Waals surface area contributed by atoms with E-state index >= 15 is 0 Å². The molecule has 1 N–H and O–H groups in total. The molecule has 1 atom stereocenters. The zero-order valence-corrected chi connectivity index (χ0v) is 15.2. The van der Waals surface area contributed by atoms with Crippen LogP contribution in [0.15, 0.2) is 17.5 Å². The summed E-state index contributed by atoms with van der Waals surface area (Å²) >= 11 is 1.74. The lowest BCUT2D eigenvalue weighted by Gasteiger charge is -2.44. The Morgan fingerprint density at radius 2 is 2.12 bits per heavy atom. The van der Waals surface area contributed by atoms with Crippen LogP contribution in [-0.4, -0.2) is 35.2 Å². The second kappa shape index (κ2) is 7.04. The molecule has 3 fully saturated rings. The topological polar surface area (TPSA) is 41.6 Å². The lowest BCUT2D eigenvalue weighted by Crippen LogP contribution is -2.52. The normalized spacial score (nSPS) is 26.2. The minimum atomic E-state index is 0.0482. The number of hydrogen-bond donors (Lipinski definition) is 1. The standard InChI is InChI=1S/C19H28N2O2S/c22-18(21(16-6-7-16)14-17-5-4-12-24-17)20-15-8-11-23-19(13-15)9-2-1-3-10-19/h4-5,12,15-16H,1-3,6-11,13-14H2,(H,20,22)/t15-/m0/s1. The van der Waals surface area contributed by atoms with Crippen molar-refractivity contribution in [2.45, 2.75) is 82.0 Å². The molecule has 0 bridgehead atoms. The summed E-state index contributed by atoms with van der Waals surface area (Å²) in [6.07, 6.45) is 10.5. The predicted octanol–water partition coefficient (Wildman–Crippen LogP) is 4.30. The van der Waals surface area contributed by atoms with Crippen molar-refractivity contribution in [2.24, 2.45) is 0 Å². The van der Waals surface area contributed by atoms with Gasteiger partial charge in [0.1, 0.15) is 0 Å². The zero-order valence-electron chi connectivity index (χ0n) is 14.3. The van der Waals surface area contributed by atoms with E-state index in [1.807, 2.05) is 0 Å². The maximum Gasteiger partial charge on any atom is 0.318 e. The van der Waals surface area contributed by atoms with Crippen molar-refractivity contribution in [1.29, 1.82) is 0 Å². The summed E-state index contributed by atoms with van der Waals surface area (Å²) in [7, 11) is 0. The van der Waals surface area contributed by atoms with Gasteiger partial charge in [-0.2, -0.15) is 0 Å². The number of ether oxygens (including phenoxy) is 1. The van der Waals surface area contributed by atoms with Gasteiger partial charge >= 0.3 is 6.03 Å². The number of urea groups is 1. The van der Waals surface area contributed by atoms with Gasteiger partial charge in [-0.15, -0.1) is 11.3 Å². The molecule has 2 amide bonds. The Hall–Kier alpha value is -1.07. The van der Waals surface area contributed by atoms with E-state index in [-0.39, 0.29) is 17.7 Å². The Kier molecular flexibility index (Phi) is 4.81. The van der Waals surface area contributed by atoms with Gasteiger partial charge in [0, 0.05) is 23.6 Å². The molecule has 2 aliphatic carbocycles. The molecule has 1 spiro atoms. The van der Waals surface area contributed by atoms with Crippen molar-refractivity contribution in [3.63, 3.8) is 0 Å². The molecule has 0 aromatic carbocycles. The molecule has 5 heteroatoms. The average molecular weight is 349 g/mol. The summed E-state index contributed by atoms with van der Waals surface area (Å²) in [4.78, 5) is 16.2. The third kappa shape index (κ3) is 3.77. The summed E-state index contributed by atoms with van der Waals surface area (Å²) < 4.78 is 6.16. The largest absolute Gasteiger partial charge is 0.375 e. The number of nitrogens with one attached hydrogen (secondary N) is 1. The lowest BCUT2D eigenvalue weighted by atomic mass is 9.78. The van der Waals surface area contributed by atoms with Crippen LogP contribution in [0.2, 0.25) is 0 Å². The Morgan fingerprint density at radius 3 is 2.83 bits per heavy atom. The molecule has 132 valence electrons. The summed E-state index contributed by atoms with van der Waals surface area (Å²) in [5, 5.41) is 5.42. The van der Waals surface area contributed by atoms with E-state index in [1.54, 1.807) is 11.3 Å². The van der Waals surface area contributed by atoms with Crippen molar-refractivity contribution in [3.05, 3.63) is 22.4 Å². The van der Waals surface area contributed by atoms with Gasteiger partial charge in [0.2, 0.25) is 0 Å². The van der Waals surface area contributed by atoms with Crippen LogP contribution in [0.5, 0.6) is 0 Å². The van der Waals surface area contributed by atoms with Gasteiger partial charge in [0.05, 0.1) is 12.1 Å². The Labute approximate surface area is 148 Å². The number of carbonyl (C=O) groups excluding carboxylic acids is 1. The predicted molar refractivity (Wildman–Crippen MR) is 96.2 cm³/mol. The van der Waals surface area contributed by atoms with E-state index in [2.05, 4.69) is 27.7 Å². The van der Waals surface area contributed by atoms with E-state index in [1.165, 1.54) is 37.0 Å². The second-order valence-electron chi connectivity index (χ2n) is 7.67. The average Bonchev–Trinajstić information content (AvgIpc) is 3.29. The third-order valence-electron chi connectivity index (χ3n) is 5.74. The van der Waals surface area contributed by atoms with E-state index in [9.17, 15) is 4.79 Å². The van der Waals surface area contributed by atoms with Crippen molar-refractivity contribution >= 4 is 17.4 Å². The molecule has 4 rings (SSSR count). The fourth-order valence-corrected chi connectivity index (χ4v) is 4.98. The number of amides is 2. The van der Waals surface area contributed by atoms with E-state index in [0.29, 0.717) is 6.04 Å². The fraction of sp³-hybridized carbons (Fsp3) is 0.737. The fourth-order valence-electron chi connectivity index (χ4n) is 4.28.